The minimum absolute atomic E-state index is 0.308. The van der Waals surface area contributed by atoms with E-state index in [0.717, 1.165) is 79.7 Å². The molecule has 0 amide bonds. The van der Waals surface area contributed by atoms with Gasteiger partial charge < -0.3 is 14.5 Å². The number of aromatic amines is 1. The number of benzene rings is 1. The van der Waals surface area contributed by atoms with Gasteiger partial charge >= 0.3 is 0 Å². The molecule has 2 aromatic heterocycles. The molecule has 0 radical (unpaired) electrons. The van der Waals surface area contributed by atoms with Crippen molar-refractivity contribution < 1.29 is 9.47 Å². The third-order valence-corrected chi connectivity index (χ3v) is 6.79. The maximum absolute atomic E-state index is 6.20. The molecule has 5 rings (SSSR count). The molecule has 1 aliphatic carbocycles. The number of ether oxygens (including phenoxy) is 2. The fourth-order valence-electron chi connectivity index (χ4n) is 4.10. The van der Waals surface area contributed by atoms with E-state index in [-0.39, 0.29) is 0 Å². The number of hydrogen-bond acceptors (Lipinski definition) is 6. The summed E-state index contributed by atoms with van der Waals surface area (Å²) in [6.45, 7) is 5.29. The topological polar surface area (TPSA) is 63.3 Å². The van der Waals surface area contributed by atoms with Crippen LogP contribution in [0.15, 0.2) is 41.7 Å². The lowest BCUT2D eigenvalue weighted by Crippen LogP contribution is -2.38. The van der Waals surface area contributed by atoms with Gasteiger partial charge in [-0.05, 0) is 37.5 Å². The molecule has 1 fully saturated rings. The van der Waals surface area contributed by atoms with Crippen LogP contribution in [-0.4, -0.2) is 59.3 Å². The predicted octanol–water partition coefficient (Wildman–Crippen LogP) is 3.84. The molecule has 1 saturated heterocycles. The Morgan fingerprint density at radius 2 is 2.10 bits per heavy atom. The molecule has 2 aliphatic rings. The molecule has 0 spiro atoms. The molecule has 7 heteroatoms. The second-order valence-corrected chi connectivity index (χ2v) is 8.72. The Morgan fingerprint density at radius 3 is 3.00 bits per heavy atom. The summed E-state index contributed by atoms with van der Waals surface area (Å²) in [6.07, 6.45) is 5.18. The first kappa shape index (κ1) is 18.9. The summed E-state index contributed by atoms with van der Waals surface area (Å²) in [6, 6.07) is 10.2. The number of imidazole rings is 1. The van der Waals surface area contributed by atoms with Crippen LogP contribution in [0.3, 0.4) is 0 Å². The van der Waals surface area contributed by atoms with Crippen molar-refractivity contribution in [1.82, 2.24) is 19.9 Å². The van der Waals surface area contributed by atoms with Crippen molar-refractivity contribution >= 4 is 22.8 Å². The van der Waals surface area contributed by atoms with Crippen molar-refractivity contribution in [3.05, 3.63) is 47.8 Å². The van der Waals surface area contributed by atoms with Gasteiger partial charge in [-0.15, -0.1) is 0 Å². The Morgan fingerprint density at radius 1 is 1.21 bits per heavy atom. The quantitative estimate of drug-likeness (QED) is 0.666. The van der Waals surface area contributed by atoms with Gasteiger partial charge in [-0.3, -0.25) is 9.88 Å². The summed E-state index contributed by atoms with van der Waals surface area (Å²) in [5.74, 6) is 0.998. The summed E-state index contributed by atoms with van der Waals surface area (Å²) in [7, 11) is 0. The van der Waals surface area contributed by atoms with Crippen LogP contribution in [0.5, 0.6) is 5.75 Å². The van der Waals surface area contributed by atoms with Crippen LogP contribution < -0.4 is 4.74 Å². The van der Waals surface area contributed by atoms with Crippen LogP contribution in [0, 0.1) is 0 Å². The Balaban J connectivity index is 1.28. The summed E-state index contributed by atoms with van der Waals surface area (Å²) in [5.41, 5.74) is 4.53. The highest BCUT2D eigenvalue weighted by Crippen LogP contribution is 2.44. The van der Waals surface area contributed by atoms with Gasteiger partial charge in [0, 0.05) is 31.4 Å². The van der Waals surface area contributed by atoms with E-state index in [4.69, 9.17) is 19.4 Å². The van der Waals surface area contributed by atoms with E-state index in [9.17, 15) is 0 Å². The molecule has 1 aromatic carbocycles. The van der Waals surface area contributed by atoms with Crippen LogP contribution in [0.4, 0.5) is 0 Å². The van der Waals surface area contributed by atoms with Crippen molar-refractivity contribution in [2.45, 2.75) is 29.7 Å². The van der Waals surface area contributed by atoms with Gasteiger partial charge in [0.05, 0.1) is 35.2 Å². The summed E-state index contributed by atoms with van der Waals surface area (Å²) in [5, 5.41) is 1.27. The van der Waals surface area contributed by atoms with Crippen LogP contribution in [0.2, 0.25) is 0 Å². The van der Waals surface area contributed by atoms with Gasteiger partial charge in [0.1, 0.15) is 12.4 Å². The van der Waals surface area contributed by atoms with Crippen molar-refractivity contribution in [2.75, 3.05) is 39.5 Å². The van der Waals surface area contributed by atoms with E-state index >= 15 is 0 Å². The Bertz CT molecular complexity index is 937. The first-order valence-corrected chi connectivity index (χ1v) is 11.3. The zero-order valence-electron chi connectivity index (χ0n) is 16.5. The van der Waals surface area contributed by atoms with E-state index in [1.165, 1.54) is 5.56 Å². The molecule has 152 valence electrons. The molecule has 1 aliphatic heterocycles. The van der Waals surface area contributed by atoms with Gasteiger partial charge in [0.25, 0.3) is 0 Å². The fourth-order valence-corrected chi connectivity index (χ4v) is 5.29. The number of hydrogen-bond donors (Lipinski definition) is 1. The molecule has 29 heavy (non-hydrogen) atoms. The maximum atomic E-state index is 6.20. The van der Waals surface area contributed by atoms with Crippen molar-refractivity contribution in [3.8, 4) is 5.75 Å². The third-order valence-electron chi connectivity index (χ3n) is 5.63. The van der Waals surface area contributed by atoms with Crippen LogP contribution >= 0.6 is 11.8 Å². The molecule has 0 bridgehead atoms. The van der Waals surface area contributed by atoms with E-state index in [1.807, 2.05) is 30.5 Å². The minimum atomic E-state index is 0.308. The number of thioether (sulfide) groups is 1. The number of pyridine rings is 1. The molecule has 1 N–H and O–H groups in total. The lowest BCUT2D eigenvalue weighted by atomic mass is 9.95. The Hall–Kier alpha value is -2.09. The number of morpholine rings is 1. The van der Waals surface area contributed by atoms with Gasteiger partial charge in [-0.2, -0.15) is 0 Å². The van der Waals surface area contributed by atoms with Gasteiger partial charge in [0.15, 0.2) is 5.16 Å². The fraction of sp³-hybridized carbons (Fsp3) is 0.455. The zero-order valence-corrected chi connectivity index (χ0v) is 17.3. The standard InChI is InChI=1S/C22H26N4O2S/c1-2-6-18-17(5-1)24-22(25-18)29-20-7-3-4-16-19(8-9-23-21(16)20)28-15-12-26-10-13-27-14-11-26/h1-2,5-6,8-9,20H,3-4,7,10-15H2,(H,24,25). The normalized spacial score (nSPS) is 19.9. The van der Waals surface area contributed by atoms with E-state index in [0.29, 0.717) is 11.9 Å². The summed E-state index contributed by atoms with van der Waals surface area (Å²) in [4.78, 5) is 15.3. The van der Waals surface area contributed by atoms with E-state index in [1.54, 1.807) is 11.8 Å². The van der Waals surface area contributed by atoms with E-state index in [2.05, 4.69) is 16.0 Å². The molecule has 1 atom stereocenters. The molecular weight excluding hydrogens is 384 g/mol. The molecule has 6 nitrogen and oxygen atoms in total. The largest absolute Gasteiger partial charge is 0.492 e. The highest BCUT2D eigenvalue weighted by molar-refractivity contribution is 7.99. The number of fused-ring (bicyclic) bond motifs is 2. The van der Waals surface area contributed by atoms with Crippen molar-refractivity contribution in [1.29, 1.82) is 0 Å². The van der Waals surface area contributed by atoms with Crippen LogP contribution in [0.25, 0.3) is 11.0 Å². The highest BCUT2D eigenvalue weighted by atomic mass is 32.2. The average Bonchev–Trinajstić information content (AvgIpc) is 3.17. The second kappa shape index (κ2) is 8.73. The highest BCUT2D eigenvalue weighted by Gasteiger charge is 2.26. The first-order chi connectivity index (χ1) is 14.4. The Kier molecular flexibility index (Phi) is 5.69. The predicted molar refractivity (Wildman–Crippen MR) is 115 cm³/mol. The monoisotopic (exact) mass is 410 g/mol. The number of H-pyrrole nitrogens is 1. The summed E-state index contributed by atoms with van der Waals surface area (Å²) >= 11 is 1.78. The minimum Gasteiger partial charge on any atom is -0.492 e. The molecule has 0 saturated carbocycles. The zero-order chi connectivity index (χ0) is 19.5. The lowest BCUT2D eigenvalue weighted by Gasteiger charge is -2.27. The molecule has 3 heterocycles. The smallest absolute Gasteiger partial charge is 0.167 e. The van der Waals surface area contributed by atoms with Crippen LogP contribution in [0.1, 0.15) is 29.3 Å². The second-order valence-electron chi connectivity index (χ2n) is 7.53. The lowest BCUT2D eigenvalue weighted by molar-refractivity contribution is 0.0322. The third kappa shape index (κ3) is 4.27. The molecule has 1 unspecified atom stereocenters. The van der Waals surface area contributed by atoms with Crippen LogP contribution in [-0.2, 0) is 11.2 Å². The molecule has 3 aromatic rings. The average molecular weight is 411 g/mol. The number of nitrogens with zero attached hydrogens (tertiary/aromatic N) is 3. The molecular formula is C22H26N4O2S. The number of para-hydroxylation sites is 2. The van der Waals surface area contributed by atoms with Crippen molar-refractivity contribution in [3.63, 3.8) is 0 Å². The van der Waals surface area contributed by atoms with Crippen molar-refractivity contribution in [2.24, 2.45) is 0 Å². The van der Waals surface area contributed by atoms with Gasteiger partial charge in [0.2, 0.25) is 0 Å². The Labute approximate surface area is 175 Å². The van der Waals surface area contributed by atoms with Gasteiger partial charge in [-0.1, -0.05) is 23.9 Å². The maximum Gasteiger partial charge on any atom is 0.167 e. The summed E-state index contributed by atoms with van der Waals surface area (Å²) < 4.78 is 11.6. The SMILES string of the molecule is c1ccc2[nH]c(SC3CCCc4c(OCCN5CCOCC5)ccnc43)nc2c1. The first-order valence-electron chi connectivity index (χ1n) is 10.4. The number of nitrogens with one attached hydrogen (secondary N) is 1. The number of rotatable bonds is 6. The van der Waals surface area contributed by atoms with E-state index < -0.39 is 0 Å². The van der Waals surface area contributed by atoms with Gasteiger partial charge in [-0.25, -0.2) is 4.98 Å². The number of aromatic nitrogens is 3.